The lowest BCUT2D eigenvalue weighted by atomic mass is 9.96. The Morgan fingerprint density at radius 2 is 1.28 bits per heavy atom. The molecule has 2 aliphatic carbocycles. The Morgan fingerprint density at radius 3 is 1.74 bits per heavy atom. The van der Waals surface area contributed by atoms with Crippen LogP contribution in [0.25, 0.3) is 55.1 Å². The number of aryl methyl sites for hydroxylation is 2. The number of carboxylic acid groups (broad SMARTS) is 1. The van der Waals surface area contributed by atoms with Crippen LogP contribution in [0.3, 0.4) is 0 Å². The Labute approximate surface area is 312 Å². The van der Waals surface area contributed by atoms with E-state index < -0.39 is 5.97 Å². The van der Waals surface area contributed by atoms with Crippen molar-refractivity contribution in [3.8, 4) is 11.1 Å². The van der Waals surface area contributed by atoms with Gasteiger partial charge in [-0.15, -0.1) is 0 Å². The normalized spacial score (nSPS) is 13.8. The molecular formula is C37H31BrN10O6+2. The van der Waals surface area contributed by atoms with Crippen molar-refractivity contribution in [3.63, 3.8) is 0 Å². The number of hydrogen-bond acceptors (Lipinski definition) is 11. The molecule has 0 saturated heterocycles. The van der Waals surface area contributed by atoms with Crippen molar-refractivity contribution in [1.82, 2.24) is 28.9 Å². The molecule has 2 saturated carbocycles. The van der Waals surface area contributed by atoms with Crippen LogP contribution in [0.15, 0.2) is 81.7 Å². The average Bonchev–Trinajstić information content (AvgIpc) is 4.10. The summed E-state index contributed by atoms with van der Waals surface area (Å²) in [5.41, 5.74) is 20.3. The molecule has 0 unspecified atom stereocenters. The maximum Gasteiger partial charge on any atom is 0.335 e. The number of oxazole rings is 2. The summed E-state index contributed by atoms with van der Waals surface area (Å²) < 4.78 is 16.2. The van der Waals surface area contributed by atoms with Gasteiger partial charge in [0, 0.05) is 27.3 Å². The van der Waals surface area contributed by atoms with E-state index in [0.717, 1.165) is 74.2 Å². The van der Waals surface area contributed by atoms with Crippen molar-refractivity contribution in [3.05, 3.63) is 102 Å². The van der Waals surface area contributed by atoms with Crippen LogP contribution >= 0.6 is 15.9 Å². The van der Waals surface area contributed by atoms with Gasteiger partial charge >= 0.3 is 5.97 Å². The summed E-state index contributed by atoms with van der Waals surface area (Å²) in [6.45, 7) is 3.99. The standard InChI is InChI=1S/C22H17N5O4.C15H13BrN5O2/c1-11-15(12-2-4-13(5-3-12)22(29)30)8-9-16-19(11)27(14-6-7-14)21(28)18-20(16)31-17(25-18)10-24-26-23;1-7-10(16)5-4-9-13(7)21(8-2-3-8)15(22)12-14(9)23-11(19-12)6-18-20-17/h2-5,8-9,14,23H,6-7,10H2,1H3;4-5,8,17H,2-3,6H2,1H3/q;+1/p+1. The molecule has 2 fully saturated rings. The molecule has 9 rings (SSSR count). The van der Waals surface area contributed by atoms with Crippen molar-refractivity contribution in [1.29, 1.82) is 11.1 Å². The summed E-state index contributed by atoms with van der Waals surface area (Å²) in [6.07, 6.45) is 3.86. The summed E-state index contributed by atoms with van der Waals surface area (Å²) in [5.74, 6) is -0.440. The summed E-state index contributed by atoms with van der Waals surface area (Å²) in [7, 11) is 0. The van der Waals surface area contributed by atoms with Gasteiger partial charge in [-0.2, -0.15) is 0 Å². The lowest BCUT2D eigenvalue weighted by Crippen LogP contribution is -2.20. The first kappa shape index (κ1) is 34.7. The minimum Gasteiger partial charge on any atom is -0.478 e. The number of hydrogen-bond donors (Lipinski definition) is 3. The fourth-order valence-electron chi connectivity index (χ4n) is 6.97. The van der Waals surface area contributed by atoms with Crippen LogP contribution in [0.2, 0.25) is 0 Å². The van der Waals surface area contributed by atoms with Crippen molar-refractivity contribution in [2.24, 2.45) is 10.2 Å². The van der Waals surface area contributed by atoms with Gasteiger partial charge in [0.05, 0.1) is 16.6 Å². The second-order valence-corrected chi connectivity index (χ2v) is 14.1. The number of halogens is 1. The Bertz CT molecular complexity index is 2920. The number of fused-ring (bicyclic) bond motifs is 6. The van der Waals surface area contributed by atoms with Crippen LogP contribution in [-0.4, -0.2) is 30.2 Å². The first-order valence-electron chi connectivity index (χ1n) is 17.1. The lowest BCUT2D eigenvalue weighted by molar-refractivity contribution is 0.0697. The molecule has 3 N–H and O–H groups in total. The van der Waals surface area contributed by atoms with Crippen LogP contribution in [0.1, 0.15) is 71.0 Å². The summed E-state index contributed by atoms with van der Waals surface area (Å²) in [5, 5.41) is 18.0. The number of nitrogens with zero attached hydrogens (tertiary/aromatic N) is 8. The van der Waals surface area contributed by atoms with Gasteiger partial charge in [0.1, 0.15) is 21.3 Å². The van der Waals surface area contributed by atoms with E-state index in [-0.39, 0.29) is 53.3 Å². The molecule has 0 spiro atoms. The molecule has 0 bridgehead atoms. The second kappa shape index (κ2) is 13.5. The average molecular weight is 792 g/mol. The van der Waals surface area contributed by atoms with Gasteiger partial charge in [-0.3, -0.25) is 9.59 Å². The quantitative estimate of drug-likeness (QED) is 0.101. The third kappa shape index (κ3) is 5.93. The molecule has 4 heterocycles. The van der Waals surface area contributed by atoms with E-state index in [1.807, 2.05) is 42.7 Å². The minimum atomic E-state index is -0.974. The Balaban J connectivity index is 0.000000160. The Morgan fingerprint density at radius 1 is 0.796 bits per heavy atom. The van der Waals surface area contributed by atoms with Gasteiger partial charge in [0.2, 0.25) is 21.6 Å². The summed E-state index contributed by atoms with van der Waals surface area (Å²) >= 11 is 3.54. The second-order valence-electron chi connectivity index (χ2n) is 13.3. The minimum absolute atomic E-state index is 0.00443. The fraction of sp³-hybridized carbons (Fsp3) is 0.270. The zero-order chi connectivity index (χ0) is 37.8. The molecule has 0 amide bonds. The highest BCUT2D eigenvalue weighted by Gasteiger charge is 2.31. The topological polar surface area (TPSA) is 234 Å². The number of benzene rings is 3. The predicted molar refractivity (Wildman–Crippen MR) is 200 cm³/mol. The first-order valence-corrected chi connectivity index (χ1v) is 17.9. The third-order valence-electron chi connectivity index (χ3n) is 9.77. The first-order chi connectivity index (χ1) is 26.1. The highest BCUT2D eigenvalue weighted by atomic mass is 79.9. The Kier molecular flexibility index (Phi) is 8.69. The van der Waals surface area contributed by atoms with Gasteiger partial charge in [-0.05, 0) is 92.1 Å². The van der Waals surface area contributed by atoms with Crippen LogP contribution in [0.5, 0.6) is 0 Å². The van der Waals surface area contributed by atoms with Gasteiger partial charge in [-0.1, -0.05) is 34.1 Å². The molecule has 0 atom stereocenters. The maximum atomic E-state index is 13.3. The van der Waals surface area contributed by atoms with Crippen molar-refractivity contribution >= 4 is 65.9 Å². The number of rotatable bonds is 8. The summed E-state index contributed by atoms with van der Waals surface area (Å²) in [4.78, 5) is 51.9. The maximum absolute atomic E-state index is 13.3. The lowest BCUT2D eigenvalue weighted by Gasteiger charge is -2.15. The van der Waals surface area contributed by atoms with E-state index in [1.54, 1.807) is 28.8 Å². The highest BCUT2D eigenvalue weighted by molar-refractivity contribution is 9.10. The third-order valence-corrected chi connectivity index (χ3v) is 10.6. The SMILES string of the molecule is Cc1c(-c2ccc(C(=O)O)cc2)ccc2c3oc(CN=[N+]=N)nc3c(=O)n(C3CC3)c12.Cc1c(Br)ccc2c3oc(CN=[N+]=N)nc3c(=O)n(C3CC3)c12. The number of aromatic carboxylic acids is 1. The number of carboxylic acids is 1. The van der Waals surface area contributed by atoms with E-state index in [9.17, 15) is 14.4 Å². The zero-order valence-electron chi connectivity index (χ0n) is 29.0. The number of aromatic nitrogens is 4. The number of nitrogens with one attached hydrogen (secondary N) is 2. The molecule has 3 aromatic carbocycles. The van der Waals surface area contributed by atoms with Crippen LogP contribution in [0.4, 0.5) is 0 Å². The largest absolute Gasteiger partial charge is 0.478 e. The van der Waals surface area contributed by atoms with E-state index >= 15 is 0 Å². The predicted octanol–water partition coefficient (Wildman–Crippen LogP) is 7.80. The zero-order valence-corrected chi connectivity index (χ0v) is 30.5. The Hall–Kier alpha value is -6.41. The highest BCUT2D eigenvalue weighted by Crippen LogP contribution is 2.41. The van der Waals surface area contributed by atoms with Crippen LogP contribution < -0.4 is 20.9 Å². The molecule has 16 nitrogen and oxygen atoms in total. The number of pyridine rings is 2. The van der Waals surface area contributed by atoms with E-state index in [2.05, 4.69) is 45.9 Å². The van der Waals surface area contributed by atoms with E-state index in [0.29, 0.717) is 22.6 Å². The summed E-state index contributed by atoms with van der Waals surface area (Å²) in [6, 6.07) is 14.8. The van der Waals surface area contributed by atoms with Gasteiger partial charge in [-0.25, -0.2) is 14.8 Å². The molecule has 17 heteroatoms. The molecule has 0 radical (unpaired) electrons. The fourth-order valence-corrected chi connectivity index (χ4v) is 7.29. The smallest absolute Gasteiger partial charge is 0.335 e. The van der Waals surface area contributed by atoms with Gasteiger partial charge < -0.3 is 23.1 Å². The molecule has 4 aromatic heterocycles. The molecular weight excluding hydrogens is 760 g/mol. The molecule has 2 aliphatic rings. The monoisotopic (exact) mass is 790 g/mol. The van der Waals surface area contributed by atoms with Crippen molar-refractivity contribution < 1.29 is 18.7 Å². The number of carbonyl (C=O) groups is 1. The van der Waals surface area contributed by atoms with Gasteiger partial charge in [0.15, 0.2) is 35.3 Å². The van der Waals surface area contributed by atoms with Gasteiger partial charge in [0.25, 0.3) is 11.1 Å². The van der Waals surface area contributed by atoms with E-state index in [4.69, 9.17) is 25.0 Å². The molecule has 54 heavy (non-hydrogen) atoms. The molecule has 0 aliphatic heterocycles. The molecule has 270 valence electrons. The van der Waals surface area contributed by atoms with Crippen LogP contribution in [0, 0.1) is 24.9 Å². The van der Waals surface area contributed by atoms with E-state index in [1.165, 1.54) is 0 Å². The molecule has 7 aromatic rings. The van der Waals surface area contributed by atoms with Crippen LogP contribution in [-0.2, 0) is 13.1 Å². The van der Waals surface area contributed by atoms with Crippen molar-refractivity contribution in [2.45, 2.75) is 64.7 Å². The van der Waals surface area contributed by atoms with Crippen molar-refractivity contribution in [2.75, 3.05) is 0 Å².